The summed E-state index contributed by atoms with van der Waals surface area (Å²) in [5.74, 6) is -0.779. The van der Waals surface area contributed by atoms with Crippen molar-refractivity contribution in [3.05, 3.63) is 28.6 Å². The second-order valence-electron chi connectivity index (χ2n) is 4.69. The van der Waals surface area contributed by atoms with Crippen molar-refractivity contribution < 1.29 is 19.1 Å². The summed E-state index contributed by atoms with van der Waals surface area (Å²) in [5, 5.41) is 0. The summed E-state index contributed by atoms with van der Waals surface area (Å²) in [6, 6.07) is 1.72. The van der Waals surface area contributed by atoms with Gasteiger partial charge in [0.25, 0.3) is 0 Å². The van der Waals surface area contributed by atoms with Crippen LogP contribution in [0.15, 0.2) is 6.07 Å². The van der Waals surface area contributed by atoms with Crippen molar-refractivity contribution in [3.8, 4) is 0 Å². The van der Waals surface area contributed by atoms with Crippen molar-refractivity contribution in [2.45, 2.75) is 33.1 Å². The quantitative estimate of drug-likeness (QED) is 0.781. The van der Waals surface area contributed by atoms with Gasteiger partial charge < -0.3 is 9.47 Å². The number of cyclic esters (lactones) is 1. The predicted molar refractivity (Wildman–Crippen MR) is 68.3 cm³/mol. The number of pyridine rings is 1. The Labute approximate surface area is 111 Å². The number of hydrogen-bond acceptors (Lipinski definition) is 5. The molecule has 1 aromatic rings. The van der Waals surface area contributed by atoms with E-state index >= 15 is 0 Å². The van der Waals surface area contributed by atoms with E-state index in [0.717, 1.165) is 5.56 Å². The predicted octanol–water partition coefficient (Wildman–Crippen LogP) is 2.09. The average Bonchev–Trinajstić information content (AvgIpc) is 2.38. The molecule has 0 saturated heterocycles. The minimum absolute atomic E-state index is 0.0273. The van der Waals surface area contributed by atoms with E-state index in [4.69, 9.17) is 9.47 Å². The first kappa shape index (κ1) is 13.5. The first-order chi connectivity index (χ1) is 9.04. The summed E-state index contributed by atoms with van der Waals surface area (Å²) in [7, 11) is 0. The highest BCUT2D eigenvalue weighted by atomic mass is 16.5. The molecule has 1 aliphatic rings. The van der Waals surface area contributed by atoms with Crippen LogP contribution in [0.3, 0.4) is 0 Å². The zero-order chi connectivity index (χ0) is 14.0. The maximum absolute atomic E-state index is 12.0. The maximum Gasteiger partial charge on any atom is 0.357 e. The first-order valence-electron chi connectivity index (χ1n) is 6.42. The Bertz CT molecular complexity index is 522. The summed E-state index contributed by atoms with van der Waals surface area (Å²) in [6.45, 7) is 6.25. The van der Waals surface area contributed by atoms with Gasteiger partial charge in [0.05, 0.1) is 24.5 Å². The molecule has 0 spiro atoms. The third kappa shape index (κ3) is 2.59. The molecule has 0 unspecified atom stereocenters. The summed E-state index contributed by atoms with van der Waals surface area (Å²) in [4.78, 5) is 27.9. The van der Waals surface area contributed by atoms with Gasteiger partial charge in [0.2, 0.25) is 0 Å². The van der Waals surface area contributed by atoms with Crippen LogP contribution in [0.2, 0.25) is 0 Å². The lowest BCUT2D eigenvalue weighted by Gasteiger charge is -2.19. The van der Waals surface area contributed by atoms with Crippen LogP contribution >= 0.6 is 0 Å². The van der Waals surface area contributed by atoms with E-state index in [2.05, 4.69) is 4.98 Å². The van der Waals surface area contributed by atoms with Gasteiger partial charge in [-0.05, 0) is 24.5 Å². The van der Waals surface area contributed by atoms with Gasteiger partial charge in [-0.15, -0.1) is 0 Å². The van der Waals surface area contributed by atoms with Gasteiger partial charge in [0.15, 0.2) is 5.69 Å². The highest BCUT2D eigenvalue weighted by Crippen LogP contribution is 2.24. The first-order valence-corrected chi connectivity index (χ1v) is 6.42. The number of rotatable bonds is 3. The SMILES string of the molecule is CCOC(=O)c1cc2c(nc1C(C)C)C(=O)OCC2. The topological polar surface area (TPSA) is 65.5 Å². The normalized spacial score (nSPS) is 14.0. The molecule has 2 heterocycles. The van der Waals surface area contributed by atoms with E-state index in [0.29, 0.717) is 36.6 Å². The van der Waals surface area contributed by atoms with Gasteiger partial charge in [-0.1, -0.05) is 13.8 Å². The number of nitrogens with zero attached hydrogens (tertiary/aromatic N) is 1. The van der Waals surface area contributed by atoms with Crippen LogP contribution in [0.1, 0.15) is 58.8 Å². The molecule has 0 amide bonds. The fourth-order valence-electron chi connectivity index (χ4n) is 2.07. The molecule has 19 heavy (non-hydrogen) atoms. The lowest BCUT2D eigenvalue weighted by molar-refractivity contribution is 0.0463. The minimum atomic E-state index is -0.418. The monoisotopic (exact) mass is 263 g/mol. The third-order valence-electron chi connectivity index (χ3n) is 2.97. The molecule has 2 rings (SSSR count). The zero-order valence-corrected chi connectivity index (χ0v) is 11.4. The van der Waals surface area contributed by atoms with Gasteiger partial charge >= 0.3 is 11.9 Å². The fourth-order valence-corrected chi connectivity index (χ4v) is 2.07. The minimum Gasteiger partial charge on any atom is -0.462 e. The van der Waals surface area contributed by atoms with Crippen LogP contribution < -0.4 is 0 Å². The molecule has 1 aliphatic heterocycles. The van der Waals surface area contributed by atoms with Crippen LogP contribution in [0, 0.1) is 0 Å². The molecule has 102 valence electrons. The van der Waals surface area contributed by atoms with Gasteiger partial charge in [0, 0.05) is 6.42 Å². The molecule has 0 saturated carbocycles. The Morgan fingerprint density at radius 1 is 1.53 bits per heavy atom. The Morgan fingerprint density at radius 3 is 2.89 bits per heavy atom. The number of esters is 2. The van der Waals surface area contributed by atoms with E-state index in [1.807, 2.05) is 13.8 Å². The second kappa shape index (κ2) is 5.38. The van der Waals surface area contributed by atoms with Crippen LogP contribution in [-0.2, 0) is 15.9 Å². The van der Waals surface area contributed by atoms with E-state index in [-0.39, 0.29) is 11.9 Å². The molecule has 1 aromatic heterocycles. The second-order valence-corrected chi connectivity index (χ2v) is 4.69. The standard InChI is InChI=1S/C14H17NO4/c1-4-18-13(16)10-7-9-5-6-19-14(17)12(9)15-11(10)8(2)3/h7-8H,4-6H2,1-3H3. The van der Waals surface area contributed by atoms with E-state index in [1.54, 1.807) is 13.0 Å². The lowest BCUT2D eigenvalue weighted by atomic mass is 9.98. The summed E-state index contributed by atoms with van der Waals surface area (Å²) in [5.41, 5.74) is 2.10. The molecule has 0 fully saturated rings. The number of hydrogen-bond donors (Lipinski definition) is 0. The number of fused-ring (bicyclic) bond motifs is 1. The number of ether oxygens (including phenoxy) is 2. The number of aromatic nitrogens is 1. The highest BCUT2D eigenvalue weighted by molar-refractivity contribution is 5.94. The van der Waals surface area contributed by atoms with Crippen molar-refractivity contribution in [1.82, 2.24) is 4.98 Å². The zero-order valence-electron chi connectivity index (χ0n) is 11.4. The van der Waals surface area contributed by atoms with Crippen LogP contribution in [-0.4, -0.2) is 30.1 Å². The molecule has 0 radical (unpaired) electrons. The Hall–Kier alpha value is -1.91. The summed E-state index contributed by atoms with van der Waals surface area (Å²) < 4.78 is 10.0. The van der Waals surface area contributed by atoms with Gasteiger partial charge in [-0.2, -0.15) is 0 Å². The van der Waals surface area contributed by atoms with E-state index < -0.39 is 5.97 Å². The number of carbonyl (C=O) groups is 2. The average molecular weight is 263 g/mol. The van der Waals surface area contributed by atoms with Crippen molar-refractivity contribution in [3.63, 3.8) is 0 Å². The largest absolute Gasteiger partial charge is 0.462 e. The molecule has 0 N–H and O–H groups in total. The molecule has 0 aliphatic carbocycles. The Morgan fingerprint density at radius 2 is 2.26 bits per heavy atom. The van der Waals surface area contributed by atoms with Gasteiger partial charge in [-0.25, -0.2) is 14.6 Å². The van der Waals surface area contributed by atoms with E-state index in [9.17, 15) is 9.59 Å². The van der Waals surface area contributed by atoms with Crippen molar-refractivity contribution >= 4 is 11.9 Å². The molecular weight excluding hydrogens is 246 g/mol. The molecule has 5 nitrogen and oxygen atoms in total. The third-order valence-corrected chi connectivity index (χ3v) is 2.97. The Kier molecular flexibility index (Phi) is 3.83. The van der Waals surface area contributed by atoms with Gasteiger partial charge in [0.1, 0.15) is 0 Å². The maximum atomic E-state index is 12.0. The van der Waals surface area contributed by atoms with Gasteiger partial charge in [-0.3, -0.25) is 0 Å². The van der Waals surface area contributed by atoms with Crippen LogP contribution in [0.25, 0.3) is 0 Å². The summed E-state index contributed by atoms with van der Waals surface area (Å²) >= 11 is 0. The highest BCUT2D eigenvalue weighted by Gasteiger charge is 2.26. The molecule has 0 atom stereocenters. The van der Waals surface area contributed by atoms with Crippen molar-refractivity contribution in [2.75, 3.05) is 13.2 Å². The number of carbonyl (C=O) groups excluding carboxylic acids is 2. The molecule has 0 aromatic carbocycles. The van der Waals surface area contributed by atoms with Crippen LogP contribution in [0.4, 0.5) is 0 Å². The van der Waals surface area contributed by atoms with Crippen LogP contribution in [0.5, 0.6) is 0 Å². The summed E-state index contributed by atoms with van der Waals surface area (Å²) in [6.07, 6.45) is 0.582. The Balaban J connectivity index is 2.53. The molecule has 0 bridgehead atoms. The van der Waals surface area contributed by atoms with E-state index in [1.165, 1.54) is 0 Å². The van der Waals surface area contributed by atoms with Crippen molar-refractivity contribution in [2.24, 2.45) is 0 Å². The molecule has 5 heteroatoms. The lowest BCUT2D eigenvalue weighted by Crippen LogP contribution is -2.23. The molecular formula is C14H17NO4. The smallest absolute Gasteiger partial charge is 0.357 e. The van der Waals surface area contributed by atoms with Crippen molar-refractivity contribution in [1.29, 1.82) is 0 Å². The fraction of sp³-hybridized carbons (Fsp3) is 0.500.